The maximum Gasteiger partial charge on any atom is 0.211 e. The number of rotatable bonds is 1. The molecule has 2 heterocycles. The predicted octanol–water partition coefficient (Wildman–Crippen LogP) is 2.16. The molecule has 0 radical (unpaired) electrons. The molecule has 1 aromatic heterocycles. The Morgan fingerprint density at radius 3 is 2.69 bits per heavy atom. The number of pyridine rings is 1. The minimum absolute atomic E-state index is 0.0178. The van der Waals surface area contributed by atoms with Gasteiger partial charge in [0.05, 0.1) is 10.7 Å². The smallest absolute Gasteiger partial charge is 0.211 e. The Kier molecular flexibility index (Phi) is 4.24. The standard InChI is InChI=1S/C16H12ClFN8/c1-6-2-3-8(18)9(11(6)17)13-10-12(21)7(4-19)14(22)25-15(10)26-16(24-13)23-5-20/h2-3,13H,1H3,(H6,21,22,23,24,25,26). The van der Waals surface area contributed by atoms with Crippen LogP contribution in [-0.2, 0) is 0 Å². The van der Waals surface area contributed by atoms with Gasteiger partial charge in [0.2, 0.25) is 5.96 Å². The summed E-state index contributed by atoms with van der Waals surface area (Å²) < 4.78 is 14.6. The summed E-state index contributed by atoms with van der Waals surface area (Å²) in [6.45, 7) is 1.72. The van der Waals surface area contributed by atoms with Crippen molar-refractivity contribution in [2.24, 2.45) is 4.99 Å². The van der Waals surface area contributed by atoms with Crippen molar-refractivity contribution in [1.82, 2.24) is 10.3 Å². The van der Waals surface area contributed by atoms with Crippen LogP contribution in [0.4, 0.5) is 21.7 Å². The lowest BCUT2D eigenvalue weighted by molar-refractivity contribution is 0.599. The Labute approximate surface area is 152 Å². The average Bonchev–Trinajstić information content (AvgIpc) is 2.58. The van der Waals surface area contributed by atoms with Crippen LogP contribution >= 0.6 is 11.6 Å². The maximum atomic E-state index is 14.6. The predicted molar refractivity (Wildman–Crippen MR) is 95.6 cm³/mol. The van der Waals surface area contributed by atoms with Crippen molar-refractivity contribution in [3.05, 3.63) is 45.2 Å². The van der Waals surface area contributed by atoms with Crippen molar-refractivity contribution in [3.8, 4) is 12.3 Å². The molecule has 3 rings (SSSR count). The summed E-state index contributed by atoms with van der Waals surface area (Å²) in [5, 5.41) is 23.4. The molecule has 0 spiro atoms. The molecule has 8 nitrogen and oxygen atoms in total. The van der Waals surface area contributed by atoms with Crippen LogP contribution in [0.2, 0.25) is 5.02 Å². The van der Waals surface area contributed by atoms with Gasteiger partial charge in [-0.2, -0.15) is 10.5 Å². The van der Waals surface area contributed by atoms with E-state index in [0.717, 1.165) is 0 Å². The van der Waals surface area contributed by atoms with Crippen molar-refractivity contribution in [2.45, 2.75) is 13.0 Å². The van der Waals surface area contributed by atoms with E-state index in [9.17, 15) is 9.65 Å². The molecule has 1 aliphatic rings. The topological polar surface area (TPSA) is 149 Å². The second-order valence-electron chi connectivity index (χ2n) is 5.49. The molecule has 0 aliphatic carbocycles. The normalized spacial score (nSPS) is 15.1. The highest BCUT2D eigenvalue weighted by molar-refractivity contribution is 6.32. The van der Waals surface area contributed by atoms with Gasteiger partial charge >= 0.3 is 0 Å². The molecule has 0 fully saturated rings. The van der Waals surface area contributed by atoms with Gasteiger partial charge < -0.3 is 16.8 Å². The number of nitrogens with zero attached hydrogens (tertiary/aromatic N) is 4. The number of anilines is 3. The van der Waals surface area contributed by atoms with E-state index in [0.29, 0.717) is 5.56 Å². The molecule has 0 bridgehead atoms. The van der Waals surface area contributed by atoms with Gasteiger partial charge in [0, 0.05) is 11.1 Å². The minimum Gasteiger partial charge on any atom is -0.397 e. The summed E-state index contributed by atoms with van der Waals surface area (Å²) in [7, 11) is 0. The molecule has 0 amide bonds. The van der Waals surface area contributed by atoms with Crippen molar-refractivity contribution in [3.63, 3.8) is 0 Å². The molecule has 1 unspecified atom stereocenters. The fourth-order valence-corrected chi connectivity index (χ4v) is 2.98. The molecule has 1 aliphatic heterocycles. The highest BCUT2D eigenvalue weighted by Crippen LogP contribution is 2.43. The van der Waals surface area contributed by atoms with Gasteiger partial charge in [0.1, 0.15) is 35.1 Å². The number of nitrogens with one attached hydrogen (secondary N) is 2. The van der Waals surface area contributed by atoms with Crippen LogP contribution in [0.1, 0.15) is 28.3 Å². The quantitative estimate of drug-likeness (QED) is 0.443. The SMILES string of the molecule is Cc1ccc(F)c(C2N=C(NC#N)Nc3nc(N)c(C#N)c(N)c32)c1Cl. The van der Waals surface area contributed by atoms with E-state index in [1.165, 1.54) is 12.1 Å². The van der Waals surface area contributed by atoms with E-state index in [4.69, 9.17) is 28.3 Å². The zero-order chi connectivity index (χ0) is 19.0. The van der Waals surface area contributed by atoms with Gasteiger partial charge in [-0.3, -0.25) is 5.32 Å². The number of halogens is 2. The highest BCUT2D eigenvalue weighted by atomic mass is 35.5. The summed E-state index contributed by atoms with van der Waals surface area (Å²) in [5.41, 5.74) is 12.8. The van der Waals surface area contributed by atoms with Crippen molar-refractivity contribution >= 4 is 34.9 Å². The van der Waals surface area contributed by atoms with E-state index < -0.39 is 11.9 Å². The molecule has 0 saturated carbocycles. The van der Waals surface area contributed by atoms with E-state index in [-0.39, 0.29) is 45.0 Å². The summed E-state index contributed by atoms with van der Waals surface area (Å²) in [4.78, 5) is 8.39. The Balaban J connectivity index is 2.35. The number of benzene rings is 1. The van der Waals surface area contributed by atoms with Gasteiger partial charge in [0.15, 0.2) is 6.19 Å². The van der Waals surface area contributed by atoms with E-state index in [2.05, 4.69) is 20.6 Å². The molecule has 2 aromatic rings. The Bertz CT molecular complexity index is 1030. The number of nitrogen functional groups attached to an aromatic ring is 2. The summed E-state index contributed by atoms with van der Waals surface area (Å²) in [5.74, 6) is -0.510. The molecule has 0 saturated heterocycles. The number of hydrogen-bond donors (Lipinski definition) is 4. The van der Waals surface area contributed by atoms with Gasteiger partial charge in [-0.15, -0.1) is 0 Å². The van der Waals surface area contributed by atoms with Gasteiger partial charge in [-0.05, 0) is 18.6 Å². The molecule has 26 heavy (non-hydrogen) atoms. The lowest BCUT2D eigenvalue weighted by Crippen LogP contribution is -2.33. The van der Waals surface area contributed by atoms with Crippen molar-refractivity contribution in [2.75, 3.05) is 16.8 Å². The molecule has 130 valence electrons. The number of aryl methyl sites for hydroxylation is 1. The second kappa shape index (κ2) is 6.39. The first-order valence-electron chi connectivity index (χ1n) is 7.32. The van der Waals surface area contributed by atoms with Crippen LogP contribution in [0, 0.1) is 35.5 Å². The number of aromatic nitrogens is 1. The molecular weight excluding hydrogens is 359 g/mol. The van der Waals surface area contributed by atoms with Gasteiger partial charge in [-0.25, -0.2) is 14.4 Å². The van der Waals surface area contributed by atoms with Crippen LogP contribution in [0.15, 0.2) is 17.1 Å². The Morgan fingerprint density at radius 1 is 1.31 bits per heavy atom. The number of hydrogen-bond acceptors (Lipinski definition) is 8. The molecule has 6 N–H and O–H groups in total. The summed E-state index contributed by atoms with van der Waals surface area (Å²) in [6.07, 6.45) is 1.72. The van der Waals surface area contributed by atoms with Crippen molar-refractivity contribution < 1.29 is 4.39 Å². The summed E-state index contributed by atoms with van der Waals surface area (Å²) in [6, 6.07) is 3.66. The third kappa shape index (κ3) is 2.61. The summed E-state index contributed by atoms with van der Waals surface area (Å²) >= 11 is 6.31. The molecule has 1 atom stereocenters. The van der Waals surface area contributed by atoms with E-state index in [1.807, 2.05) is 6.07 Å². The number of aliphatic imine (C=N–C) groups is 1. The first kappa shape index (κ1) is 17.3. The van der Waals surface area contributed by atoms with E-state index >= 15 is 0 Å². The Morgan fingerprint density at radius 2 is 2.04 bits per heavy atom. The highest BCUT2D eigenvalue weighted by Gasteiger charge is 2.32. The first-order valence-corrected chi connectivity index (χ1v) is 7.70. The van der Waals surface area contributed by atoms with Crippen LogP contribution in [0.25, 0.3) is 0 Å². The van der Waals surface area contributed by atoms with Crippen LogP contribution in [0.3, 0.4) is 0 Å². The molecule has 10 heteroatoms. The fourth-order valence-electron chi connectivity index (χ4n) is 2.72. The fraction of sp³-hybridized carbons (Fsp3) is 0.125. The lowest BCUT2D eigenvalue weighted by atomic mass is 9.93. The van der Waals surface area contributed by atoms with Gasteiger partial charge in [0.25, 0.3) is 0 Å². The van der Waals surface area contributed by atoms with Crippen LogP contribution in [0.5, 0.6) is 0 Å². The lowest BCUT2D eigenvalue weighted by Gasteiger charge is -2.27. The zero-order valence-electron chi connectivity index (χ0n) is 13.4. The van der Waals surface area contributed by atoms with Crippen LogP contribution < -0.4 is 22.1 Å². The third-order valence-corrected chi connectivity index (χ3v) is 4.45. The van der Waals surface area contributed by atoms with E-state index in [1.54, 1.807) is 13.1 Å². The maximum absolute atomic E-state index is 14.6. The Hall–Kier alpha value is -3.56. The zero-order valence-corrected chi connectivity index (χ0v) is 14.2. The number of fused-ring (bicyclic) bond motifs is 1. The number of nitriles is 2. The third-order valence-electron chi connectivity index (χ3n) is 3.95. The largest absolute Gasteiger partial charge is 0.397 e. The minimum atomic E-state index is -1.02. The van der Waals surface area contributed by atoms with Gasteiger partial charge in [-0.1, -0.05) is 17.7 Å². The molecule has 1 aromatic carbocycles. The molecular formula is C16H12ClFN8. The number of guanidine groups is 1. The first-order chi connectivity index (χ1) is 12.4. The number of nitrogens with two attached hydrogens (primary N) is 2. The average molecular weight is 371 g/mol. The van der Waals surface area contributed by atoms with Crippen LogP contribution in [-0.4, -0.2) is 10.9 Å². The monoisotopic (exact) mass is 370 g/mol. The van der Waals surface area contributed by atoms with Crippen molar-refractivity contribution in [1.29, 1.82) is 10.5 Å². The second-order valence-corrected chi connectivity index (χ2v) is 5.87.